The van der Waals surface area contributed by atoms with Gasteiger partial charge in [-0.1, -0.05) is 109 Å². The number of halogens is 1. The number of esters is 1. The lowest BCUT2D eigenvalue weighted by atomic mass is 9.97. The number of aromatic hydroxyl groups is 1. The quantitative estimate of drug-likeness (QED) is 0.0492. The van der Waals surface area contributed by atoms with E-state index in [9.17, 15) is 34.2 Å². The van der Waals surface area contributed by atoms with Crippen LogP contribution in [0.4, 0.5) is 5.69 Å². The van der Waals surface area contributed by atoms with E-state index in [0.717, 1.165) is 26.4 Å². The van der Waals surface area contributed by atoms with Crippen molar-refractivity contribution < 1.29 is 48.4 Å². The summed E-state index contributed by atoms with van der Waals surface area (Å²) in [6.07, 6.45) is 8.24. The van der Waals surface area contributed by atoms with Gasteiger partial charge in [0.1, 0.15) is 12.1 Å². The summed E-state index contributed by atoms with van der Waals surface area (Å²) in [7, 11) is 2.38. The van der Waals surface area contributed by atoms with Crippen LogP contribution in [0.3, 0.4) is 0 Å². The molecule has 2 aliphatic rings. The number of methoxy groups -OCH3 is 2. The summed E-state index contributed by atoms with van der Waals surface area (Å²) in [6, 6.07) is 11.2. The summed E-state index contributed by atoms with van der Waals surface area (Å²) in [5.74, 6) is -3.90. The van der Waals surface area contributed by atoms with Gasteiger partial charge < -0.3 is 51.4 Å². The number of anilines is 1. The van der Waals surface area contributed by atoms with Crippen molar-refractivity contribution in [3.63, 3.8) is 0 Å². The number of rotatable bonds is 20. The second-order valence-electron chi connectivity index (χ2n) is 16.3. The predicted molar refractivity (Wildman–Crippen MR) is 243 cm³/mol. The first kappa shape index (κ1) is 52.0. The Hall–Kier alpha value is -5.38. The van der Waals surface area contributed by atoms with E-state index < -0.39 is 59.7 Å². The third-order valence-electron chi connectivity index (χ3n) is 10.8. The normalized spacial score (nSPS) is 17.3. The number of unbranched alkanes of at least 4 members (excludes halogenated alkanes) is 8. The van der Waals surface area contributed by atoms with Crippen molar-refractivity contribution in [2.45, 2.75) is 135 Å². The zero-order chi connectivity index (χ0) is 45.2. The van der Waals surface area contributed by atoms with Gasteiger partial charge in [-0.25, -0.2) is 4.79 Å². The molecule has 0 spiro atoms. The van der Waals surface area contributed by atoms with E-state index in [0.29, 0.717) is 24.0 Å². The molecule has 8 N–H and O–H groups in total. The predicted octanol–water partition coefficient (Wildman–Crippen LogP) is 6.31. The molecule has 2 aliphatic heterocycles. The maximum atomic E-state index is 14.4. The molecular weight excluding hydrogens is 830 g/mol. The van der Waals surface area contributed by atoms with E-state index in [2.05, 4.69) is 28.2 Å². The molecule has 15 nitrogen and oxygen atoms in total. The molecule has 3 aromatic rings. The maximum Gasteiger partial charge on any atom is 0.337 e. The standard InChI is InChI=1S/C47H65N5O10.ClH/c1-6-7-8-9-10-11-12-13-17-20-40(54)49-34-25-31-21-22-38(34)62-39-28-32(27-37(53)43(39)60-4)41(42(55)47(59)61-5)52-46(58)35(24-30-18-15-14-16-19-30)51-45(57)36(26-31)50-44(56)33(48)23-29(2)3;/h14-16,18-19,21-22,25,27-29,33,35-36,41-42,53,55H,6-13,17,20,23-24,26,48H2,1-5H3,(H,49,54)(H,50,56)(H,51,57)(H,52,58);1H/t33-,35-,36+,41-,42+;/m1./s1. The Morgan fingerprint density at radius 2 is 1.56 bits per heavy atom. The van der Waals surface area contributed by atoms with E-state index in [1.54, 1.807) is 48.5 Å². The lowest BCUT2D eigenvalue weighted by Gasteiger charge is -2.29. The van der Waals surface area contributed by atoms with Crippen LogP contribution in [0.2, 0.25) is 0 Å². The van der Waals surface area contributed by atoms with Crippen LogP contribution in [0.1, 0.15) is 114 Å². The molecule has 0 unspecified atom stereocenters. The van der Waals surface area contributed by atoms with Crippen LogP contribution in [0.5, 0.6) is 23.0 Å². The van der Waals surface area contributed by atoms with Crippen LogP contribution in [-0.4, -0.2) is 78.3 Å². The van der Waals surface area contributed by atoms with E-state index in [-0.39, 0.29) is 72.0 Å². The number of carbonyl (C=O) groups excluding carboxylic acids is 5. The highest BCUT2D eigenvalue weighted by Gasteiger charge is 2.36. The number of hydrogen-bond acceptors (Lipinski definition) is 11. The van der Waals surface area contributed by atoms with E-state index >= 15 is 0 Å². The van der Waals surface area contributed by atoms with Gasteiger partial charge in [-0.15, -0.1) is 12.4 Å². The topological polar surface area (TPSA) is 228 Å². The van der Waals surface area contributed by atoms with E-state index in [1.165, 1.54) is 51.3 Å². The lowest BCUT2D eigenvalue weighted by molar-refractivity contribution is -0.152. The van der Waals surface area contributed by atoms with Crippen LogP contribution in [0.15, 0.2) is 60.7 Å². The number of nitrogens with two attached hydrogens (primary N) is 1. The molecule has 0 saturated carbocycles. The molecule has 63 heavy (non-hydrogen) atoms. The summed E-state index contributed by atoms with van der Waals surface area (Å²) in [5.41, 5.74) is 7.69. The third-order valence-corrected chi connectivity index (χ3v) is 10.8. The highest BCUT2D eigenvalue weighted by atomic mass is 35.5. The average molecular weight is 897 g/mol. The largest absolute Gasteiger partial charge is 0.504 e. The smallest absolute Gasteiger partial charge is 0.337 e. The minimum atomic E-state index is -2.00. The third kappa shape index (κ3) is 16.0. The van der Waals surface area contributed by atoms with Crippen LogP contribution in [-0.2, 0) is 41.6 Å². The number of aliphatic hydroxyl groups excluding tert-OH is 1. The van der Waals surface area contributed by atoms with Gasteiger partial charge in [-0.3, -0.25) is 19.2 Å². The van der Waals surface area contributed by atoms with Gasteiger partial charge in [0.2, 0.25) is 29.4 Å². The van der Waals surface area contributed by atoms with Crippen LogP contribution >= 0.6 is 12.4 Å². The van der Waals surface area contributed by atoms with Gasteiger partial charge in [0.05, 0.1) is 32.0 Å². The fourth-order valence-corrected chi connectivity index (χ4v) is 7.41. The fourth-order valence-electron chi connectivity index (χ4n) is 7.41. The average Bonchev–Trinajstić information content (AvgIpc) is 3.24. The molecule has 346 valence electrons. The van der Waals surface area contributed by atoms with Crippen molar-refractivity contribution in [1.29, 1.82) is 0 Å². The summed E-state index contributed by atoms with van der Waals surface area (Å²) in [4.78, 5) is 68.5. The van der Waals surface area contributed by atoms with Gasteiger partial charge in [-0.2, -0.15) is 0 Å². The van der Waals surface area contributed by atoms with Crippen LogP contribution in [0, 0.1) is 5.92 Å². The van der Waals surface area contributed by atoms with E-state index in [4.69, 9.17) is 19.9 Å². The Labute approximate surface area is 377 Å². The molecule has 5 rings (SSSR count). The molecule has 2 heterocycles. The Bertz CT molecular complexity index is 1970. The van der Waals surface area contributed by atoms with Gasteiger partial charge >= 0.3 is 5.97 Å². The van der Waals surface area contributed by atoms with Gasteiger partial charge in [0.15, 0.2) is 23.4 Å². The molecule has 0 aliphatic carbocycles. The second kappa shape index (κ2) is 26.3. The molecule has 5 atom stereocenters. The summed E-state index contributed by atoms with van der Waals surface area (Å²) < 4.78 is 16.7. The number of amides is 4. The molecule has 3 aromatic carbocycles. The molecule has 0 aromatic heterocycles. The molecule has 4 bridgehead atoms. The first-order valence-electron chi connectivity index (χ1n) is 21.7. The van der Waals surface area contributed by atoms with Crippen LogP contribution in [0.25, 0.3) is 0 Å². The zero-order valence-corrected chi connectivity index (χ0v) is 37.9. The number of phenolic OH excluding ortho intramolecular Hbond substituents is 1. The molecule has 4 amide bonds. The number of nitrogens with one attached hydrogen (secondary N) is 4. The fraction of sp³-hybridized carbons (Fsp3) is 0.511. The van der Waals surface area contributed by atoms with Crippen molar-refractivity contribution in [2.24, 2.45) is 11.7 Å². The summed E-state index contributed by atoms with van der Waals surface area (Å²) >= 11 is 0. The number of aliphatic hydroxyl groups is 1. The van der Waals surface area contributed by atoms with Crippen molar-refractivity contribution in [3.05, 3.63) is 77.4 Å². The number of hydrogen-bond donors (Lipinski definition) is 7. The Balaban J connectivity index is 0.0000106. The molecule has 16 heteroatoms. The molecular formula is C47H66ClN5O10. The first-order chi connectivity index (χ1) is 29.7. The number of fused-ring (bicyclic) bond motifs is 9. The Morgan fingerprint density at radius 1 is 0.889 bits per heavy atom. The zero-order valence-electron chi connectivity index (χ0n) is 37.1. The van der Waals surface area contributed by atoms with Crippen molar-refractivity contribution in [3.8, 4) is 23.0 Å². The van der Waals surface area contributed by atoms with E-state index in [1.807, 2.05) is 13.8 Å². The Kier molecular flexibility index (Phi) is 21.7. The van der Waals surface area contributed by atoms with Gasteiger partial charge in [0, 0.05) is 19.3 Å². The number of ether oxygens (including phenoxy) is 3. The summed E-state index contributed by atoms with van der Waals surface area (Å²) in [5, 5.41) is 33.7. The number of phenols is 1. The number of benzene rings is 3. The second-order valence-corrected chi connectivity index (χ2v) is 16.3. The SMILES string of the molecule is CCCCCCCCCCCC(=O)Nc1cc2ccc1Oc1cc(cc(O)c1OC)[C@H]([C@H](O)C(=O)OC)NC(=O)[C@@H](Cc1ccccc1)NC(=O)[C@@H](NC(=O)[C@H](N)CC(C)C)C2.Cl. The van der Waals surface area contributed by atoms with Crippen molar-refractivity contribution >= 4 is 47.7 Å². The van der Waals surface area contributed by atoms with Crippen LogP contribution < -0.4 is 36.5 Å². The number of carbonyl (C=O) groups is 5. The highest BCUT2D eigenvalue weighted by molar-refractivity contribution is 5.94. The van der Waals surface area contributed by atoms with Crippen molar-refractivity contribution in [1.82, 2.24) is 16.0 Å². The minimum absolute atomic E-state index is 0. The van der Waals surface area contributed by atoms with Crippen molar-refractivity contribution in [2.75, 3.05) is 19.5 Å². The summed E-state index contributed by atoms with van der Waals surface area (Å²) in [6.45, 7) is 6.04. The first-order valence-corrected chi connectivity index (χ1v) is 21.7. The molecule has 0 fully saturated rings. The highest BCUT2D eigenvalue weighted by Crippen LogP contribution is 2.43. The monoisotopic (exact) mass is 895 g/mol. The maximum absolute atomic E-state index is 14.4. The Morgan fingerprint density at radius 3 is 2.19 bits per heavy atom. The minimum Gasteiger partial charge on any atom is -0.504 e. The molecule has 0 saturated heterocycles. The lowest BCUT2D eigenvalue weighted by Crippen LogP contribution is -2.57. The van der Waals surface area contributed by atoms with Gasteiger partial charge in [0.25, 0.3) is 0 Å². The van der Waals surface area contributed by atoms with Gasteiger partial charge in [-0.05, 0) is 59.7 Å². The molecule has 0 radical (unpaired) electrons.